The number of nitrogens with zero attached hydrogens (tertiary/aromatic N) is 1. The highest BCUT2D eigenvalue weighted by molar-refractivity contribution is 5.88. The third-order valence-electron chi connectivity index (χ3n) is 5.53. The third kappa shape index (κ3) is 9.32. The second-order valence-corrected chi connectivity index (χ2v) is 8.84. The number of rotatable bonds is 13. The van der Waals surface area contributed by atoms with Gasteiger partial charge in [-0.25, -0.2) is 4.79 Å². The molecule has 13 nitrogen and oxygen atoms in total. The van der Waals surface area contributed by atoms with Gasteiger partial charge >= 0.3 is 17.9 Å². The van der Waals surface area contributed by atoms with Crippen LogP contribution in [0.4, 0.5) is 0 Å². The van der Waals surface area contributed by atoms with E-state index in [1.165, 1.54) is 0 Å². The molecule has 0 saturated carbocycles. The molecule has 0 radical (unpaired) electrons. The maximum atomic E-state index is 10.3. The van der Waals surface area contributed by atoms with E-state index in [2.05, 4.69) is 4.90 Å². The minimum absolute atomic E-state index is 0.261. The van der Waals surface area contributed by atoms with Gasteiger partial charge in [-0.1, -0.05) is 18.2 Å². The van der Waals surface area contributed by atoms with Crippen LogP contribution in [0.2, 0.25) is 0 Å². The van der Waals surface area contributed by atoms with Gasteiger partial charge in [0.2, 0.25) is 6.79 Å². The first-order chi connectivity index (χ1) is 18.4. The van der Waals surface area contributed by atoms with Gasteiger partial charge in [0.05, 0.1) is 33.2 Å². The van der Waals surface area contributed by atoms with Gasteiger partial charge in [-0.05, 0) is 30.7 Å². The molecule has 1 unspecified atom stereocenters. The lowest BCUT2D eigenvalue weighted by Gasteiger charge is -2.25. The summed E-state index contributed by atoms with van der Waals surface area (Å²) >= 11 is 0. The van der Waals surface area contributed by atoms with Crippen LogP contribution >= 0.6 is 0 Å². The lowest BCUT2D eigenvalue weighted by molar-refractivity contribution is -0.170. The van der Waals surface area contributed by atoms with E-state index in [9.17, 15) is 19.5 Å². The summed E-state index contributed by atoms with van der Waals surface area (Å²) in [7, 11) is 3.26. The molecule has 5 N–H and O–H groups in total. The Bertz CT molecular complexity index is 1130. The van der Waals surface area contributed by atoms with E-state index in [1.54, 1.807) is 21.1 Å². The Labute approximate surface area is 224 Å². The highest BCUT2D eigenvalue weighted by Crippen LogP contribution is 2.34. The maximum Gasteiger partial charge on any atom is 0.336 e. The third-order valence-corrected chi connectivity index (χ3v) is 5.53. The molecule has 1 aliphatic heterocycles. The Morgan fingerprint density at radius 3 is 2.15 bits per heavy atom. The number of fused-ring (bicyclic) bond motifs is 1. The van der Waals surface area contributed by atoms with Crippen LogP contribution in [-0.2, 0) is 27.5 Å². The fourth-order valence-electron chi connectivity index (χ4n) is 3.89. The van der Waals surface area contributed by atoms with Gasteiger partial charge in [-0.3, -0.25) is 14.5 Å². The minimum Gasteiger partial charge on any atom is -0.493 e. The average molecular weight is 552 g/mol. The van der Waals surface area contributed by atoms with Crippen LogP contribution in [0.1, 0.15) is 30.9 Å². The van der Waals surface area contributed by atoms with Crippen molar-refractivity contribution in [2.45, 2.75) is 44.6 Å². The zero-order valence-corrected chi connectivity index (χ0v) is 21.8. The van der Waals surface area contributed by atoms with Gasteiger partial charge in [0.15, 0.2) is 28.6 Å². The maximum absolute atomic E-state index is 10.3. The predicted molar refractivity (Wildman–Crippen MR) is 135 cm³/mol. The molecule has 0 aliphatic carbocycles. The van der Waals surface area contributed by atoms with Gasteiger partial charge in [0.1, 0.15) is 0 Å². The second-order valence-electron chi connectivity index (χ2n) is 8.84. The summed E-state index contributed by atoms with van der Waals surface area (Å²) < 4.78 is 21.7. The number of carbonyl (C=O) groups is 3. The normalized spacial score (nSPS) is 12.8. The Morgan fingerprint density at radius 2 is 1.62 bits per heavy atom. The Kier molecular flexibility index (Phi) is 11.3. The molecule has 0 saturated heterocycles. The molecule has 0 fully saturated rings. The van der Waals surface area contributed by atoms with Gasteiger partial charge in [-0.15, -0.1) is 0 Å². The van der Waals surface area contributed by atoms with E-state index in [4.69, 9.17) is 39.4 Å². The molecule has 2 aromatic rings. The summed E-state index contributed by atoms with van der Waals surface area (Å²) in [5.41, 5.74) is -0.637. The summed E-state index contributed by atoms with van der Waals surface area (Å²) in [5.74, 6) is -2.07. The first-order valence-corrected chi connectivity index (χ1v) is 11.8. The SMILES string of the molecule is COc1cccc(CN(Cc2ccc3c(c2)OCO3)CC(C)O)c1OC.O=C(O)CC(O)(CC(=O)O)C(=O)O. The van der Waals surface area contributed by atoms with Crippen molar-refractivity contribution >= 4 is 17.9 Å². The van der Waals surface area contributed by atoms with Crippen molar-refractivity contribution < 1.29 is 58.9 Å². The molecule has 214 valence electrons. The standard InChI is InChI=1S/C20H25NO5.C6H8O7/c1-14(22)10-21(11-15-7-8-17-19(9-15)26-13-25-17)12-16-5-4-6-18(23-2)20(16)24-3;7-3(8)1-6(13,5(11)12)2-4(9)10/h4-9,14,22H,10-13H2,1-3H3;13H,1-2H2,(H,7,8)(H,9,10)(H,11,12). The van der Waals surface area contributed by atoms with Gasteiger partial charge in [0, 0.05) is 25.2 Å². The second kappa shape index (κ2) is 14.2. The van der Waals surface area contributed by atoms with Crippen molar-refractivity contribution in [2.75, 3.05) is 27.6 Å². The van der Waals surface area contributed by atoms with Crippen molar-refractivity contribution in [3.63, 3.8) is 0 Å². The highest BCUT2D eigenvalue weighted by atomic mass is 16.7. The number of aliphatic hydroxyl groups is 2. The van der Waals surface area contributed by atoms with Crippen LogP contribution in [0.3, 0.4) is 0 Å². The molecule has 0 bridgehead atoms. The number of carboxylic acids is 3. The Hall–Kier alpha value is -4.07. The molecule has 13 heteroatoms. The summed E-state index contributed by atoms with van der Waals surface area (Å²) in [6, 6.07) is 11.8. The number of carboxylic acid groups (broad SMARTS) is 3. The lowest BCUT2D eigenvalue weighted by Crippen LogP contribution is -2.42. The van der Waals surface area contributed by atoms with Crippen LogP contribution in [0.25, 0.3) is 0 Å². The van der Waals surface area contributed by atoms with E-state index < -0.39 is 42.5 Å². The monoisotopic (exact) mass is 551 g/mol. The molecular formula is C26H33NO12. The molecular weight excluding hydrogens is 518 g/mol. The Balaban J connectivity index is 0.000000349. The summed E-state index contributed by atoms with van der Waals surface area (Å²) in [5, 5.41) is 43.7. The zero-order chi connectivity index (χ0) is 29.2. The fourth-order valence-corrected chi connectivity index (χ4v) is 3.89. The number of benzene rings is 2. The van der Waals surface area contributed by atoms with Crippen molar-refractivity contribution in [1.82, 2.24) is 4.90 Å². The summed E-state index contributed by atoms with van der Waals surface area (Å²) in [6.07, 6.45) is -2.73. The fraction of sp³-hybridized carbons (Fsp3) is 0.423. The van der Waals surface area contributed by atoms with Gasteiger partial charge in [-0.2, -0.15) is 0 Å². The van der Waals surface area contributed by atoms with E-state index in [0.29, 0.717) is 25.4 Å². The molecule has 0 aromatic heterocycles. The molecule has 0 spiro atoms. The van der Waals surface area contributed by atoms with Crippen molar-refractivity contribution in [1.29, 1.82) is 0 Å². The molecule has 1 heterocycles. The number of aliphatic hydroxyl groups excluding tert-OH is 1. The molecule has 1 aliphatic rings. The lowest BCUT2D eigenvalue weighted by atomic mass is 9.96. The molecule has 0 amide bonds. The Morgan fingerprint density at radius 1 is 0.974 bits per heavy atom. The average Bonchev–Trinajstić information content (AvgIpc) is 3.30. The van der Waals surface area contributed by atoms with E-state index in [0.717, 1.165) is 28.4 Å². The number of para-hydroxylation sites is 1. The van der Waals surface area contributed by atoms with Crippen LogP contribution in [0.5, 0.6) is 23.0 Å². The first-order valence-electron chi connectivity index (χ1n) is 11.8. The summed E-state index contributed by atoms with van der Waals surface area (Å²) in [4.78, 5) is 32.7. The first kappa shape index (κ1) is 31.1. The van der Waals surface area contributed by atoms with Crippen molar-refractivity contribution in [3.05, 3.63) is 47.5 Å². The number of hydrogen-bond acceptors (Lipinski definition) is 10. The molecule has 2 aromatic carbocycles. The number of aliphatic carboxylic acids is 3. The van der Waals surface area contributed by atoms with E-state index in [-0.39, 0.29) is 6.79 Å². The predicted octanol–water partition coefficient (Wildman–Crippen LogP) is 1.57. The van der Waals surface area contributed by atoms with Crippen molar-refractivity contribution in [3.8, 4) is 23.0 Å². The number of methoxy groups -OCH3 is 2. The molecule has 39 heavy (non-hydrogen) atoms. The van der Waals surface area contributed by atoms with Gasteiger partial charge < -0.3 is 44.5 Å². The van der Waals surface area contributed by atoms with E-state index in [1.807, 2.05) is 36.4 Å². The minimum atomic E-state index is -2.74. The van der Waals surface area contributed by atoms with Gasteiger partial charge in [0.25, 0.3) is 0 Å². The van der Waals surface area contributed by atoms with Crippen LogP contribution in [0, 0.1) is 0 Å². The largest absolute Gasteiger partial charge is 0.493 e. The van der Waals surface area contributed by atoms with E-state index >= 15 is 0 Å². The topological polar surface area (TPSA) is 193 Å². The smallest absolute Gasteiger partial charge is 0.336 e. The van der Waals surface area contributed by atoms with Crippen LogP contribution in [0.15, 0.2) is 36.4 Å². The number of hydrogen-bond donors (Lipinski definition) is 5. The van der Waals surface area contributed by atoms with Crippen LogP contribution in [-0.4, -0.2) is 87.6 Å². The number of ether oxygens (including phenoxy) is 4. The van der Waals surface area contributed by atoms with Crippen LogP contribution < -0.4 is 18.9 Å². The summed E-state index contributed by atoms with van der Waals surface area (Å²) in [6.45, 7) is 3.88. The zero-order valence-electron chi connectivity index (χ0n) is 21.8. The molecule has 1 atom stereocenters. The highest BCUT2D eigenvalue weighted by Gasteiger charge is 2.40. The molecule has 3 rings (SSSR count). The van der Waals surface area contributed by atoms with Crippen molar-refractivity contribution in [2.24, 2.45) is 0 Å². The quantitative estimate of drug-likeness (QED) is 0.241.